The van der Waals surface area contributed by atoms with Gasteiger partial charge in [0.05, 0.1) is 0 Å². The van der Waals surface area contributed by atoms with Gasteiger partial charge in [-0.05, 0) is 41.8 Å². The van der Waals surface area contributed by atoms with Crippen molar-refractivity contribution in [2.24, 2.45) is 5.92 Å². The van der Waals surface area contributed by atoms with Gasteiger partial charge in [0.15, 0.2) is 0 Å². The molecule has 2 aromatic rings. The number of benzene rings is 1. The summed E-state index contributed by atoms with van der Waals surface area (Å²) in [5.41, 5.74) is 1.47. The molecule has 1 aromatic heterocycles. The standard InChI is InChI=1S/C18H26N6O3/c1-13(2)11-16(25)20-15-7-5-14(6-8-15)18-21-23-24(22-18)12-17(26)19-9-4-10-27-3/h5-8,13H,4,9-12H2,1-3H3,(H,19,26)(H,20,25). The smallest absolute Gasteiger partial charge is 0.243 e. The summed E-state index contributed by atoms with van der Waals surface area (Å²) in [5.74, 6) is 0.527. The van der Waals surface area contributed by atoms with E-state index in [4.69, 9.17) is 4.74 Å². The topological polar surface area (TPSA) is 111 Å². The molecule has 0 fully saturated rings. The molecular formula is C18H26N6O3. The fourth-order valence-electron chi connectivity index (χ4n) is 2.34. The van der Waals surface area contributed by atoms with Crippen molar-refractivity contribution in [1.29, 1.82) is 0 Å². The molecule has 1 aromatic carbocycles. The number of anilines is 1. The number of tetrazole rings is 1. The number of methoxy groups -OCH3 is 1. The summed E-state index contributed by atoms with van der Waals surface area (Å²) in [6, 6.07) is 7.18. The Morgan fingerprint density at radius 1 is 1.19 bits per heavy atom. The maximum Gasteiger partial charge on any atom is 0.243 e. The molecule has 0 radical (unpaired) electrons. The Morgan fingerprint density at radius 3 is 2.59 bits per heavy atom. The van der Waals surface area contributed by atoms with Crippen LogP contribution in [0.4, 0.5) is 5.69 Å². The lowest BCUT2D eigenvalue weighted by atomic mass is 10.1. The molecule has 0 atom stereocenters. The molecule has 1 heterocycles. The van der Waals surface area contributed by atoms with Crippen molar-refractivity contribution < 1.29 is 14.3 Å². The average molecular weight is 374 g/mol. The van der Waals surface area contributed by atoms with Crippen LogP contribution in [0.3, 0.4) is 0 Å². The van der Waals surface area contributed by atoms with E-state index in [1.54, 1.807) is 31.4 Å². The highest BCUT2D eigenvalue weighted by Gasteiger charge is 2.10. The summed E-state index contributed by atoms with van der Waals surface area (Å²) >= 11 is 0. The third-order valence-corrected chi connectivity index (χ3v) is 3.61. The van der Waals surface area contributed by atoms with Gasteiger partial charge in [-0.3, -0.25) is 9.59 Å². The van der Waals surface area contributed by atoms with E-state index in [0.29, 0.717) is 37.0 Å². The lowest BCUT2D eigenvalue weighted by Crippen LogP contribution is -2.29. The molecule has 9 nitrogen and oxygen atoms in total. The van der Waals surface area contributed by atoms with Crippen LogP contribution >= 0.6 is 0 Å². The lowest BCUT2D eigenvalue weighted by molar-refractivity contribution is -0.122. The quantitative estimate of drug-likeness (QED) is 0.609. The predicted molar refractivity (Wildman–Crippen MR) is 101 cm³/mol. The van der Waals surface area contributed by atoms with E-state index in [9.17, 15) is 9.59 Å². The van der Waals surface area contributed by atoms with E-state index in [0.717, 1.165) is 12.0 Å². The summed E-state index contributed by atoms with van der Waals surface area (Å²) in [6.07, 6.45) is 1.23. The SMILES string of the molecule is COCCCNC(=O)Cn1nnc(-c2ccc(NC(=O)CC(C)C)cc2)n1. The zero-order valence-corrected chi connectivity index (χ0v) is 15.9. The second-order valence-electron chi connectivity index (χ2n) is 6.56. The molecule has 0 spiro atoms. The lowest BCUT2D eigenvalue weighted by Gasteiger charge is -2.07. The van der Waals surface area contributed by atoms with Crippen molar-refractivity contribution >= 4 is 17.5 Å². The van der Waals surface area contributed by atoms with E-state index in [-0.39, 0.29) is 18.4 Å². The third kappa shape index (κ3) is 7.14. The summed E-state index contributed by atoms with van der Waals surface area (Å²) < 4.78 is 4.93. The highest BCUT2D eigenvalue weighted by molar-refractivity contribution is 5.91. The molecule has 146 valence electrons. The van der Waals surface area contributed by atoms with Crippen LogP contribution < -0.4 is 10.6 Å². The Bertz CT molecular complexity index is 742. The van der Waals surface area contributed by atoms with Gasteiger partial charge in [-0.2, -0.15) is 4.80 Å². The third-order valence-electron chi connectivity index (χ3n) is 3.61. The molecule has 0 unspecified atom stereocenters. The zero-order chi connectivity index (χ0) is 19.6. The molecule has 2 N–H and O–H groups in total. The Balaban J connectivity index is 1.88. The van der Waals surface area contributed by atoms with Gasteiger partial charge in [-0.1, -0.05) is 13.8 Å². The van der Waals surface area contributed by atoms with Crippen molar-refractivity contribution in [3.8, 4) is 11.4 Å². The van der Waals surface area contributed by atoms with E-state index >= 15 is 0 Å². The Hall–Kier alpha value is -2.81. The van der Waals surface area contributed by atoms with Gasteiger partial charge in [-0.25, -0.2) is 0 Å². The maximum atomic E-state index is 11.8. The van der Waals surface area contributed by atoms with E-state index in [1.165, 1.54) is 4.80 Å². The first kappa shape index (κ1) is 20.5. The number of aromatic nitrogens is 4. The van der Waals surface area contributed by atoms with E-state index in [1.807, 2.05) is 13.8 Å². The summed E-state index contributed by atoms with van der Waals surface area (Å²) in [7, 11) is 1.62. The average Bonchev–Trinajstić information content (AvgIpc) is 3.07. The van der Waals surface area contributed by atoms with Gasteiger partial charge in [0.1, 0.15) is 6.54 Å². The number of amides is 2. The van der Waals surface area contributed by atoms with Crippen LogP contribution in [0.15, 0.2) is 24.3 Å². The first-order valence-corrected chi connectivity index (χ1v) is 8.91. The second-order valence-corrected chi connectivity index (χ2v) is 6.56. The van der Waals surface area contributed by atoms with Crippen molar-refractivity contribution in [2.75, 3.05) is 25.6 Å². The zero-order valence-electron chi connectivity index (χ0n) is 15.9. The minimum absolute atomic E-state index is 0.00330. The van der Waals surface area contributed by atoms with Gasteiger partial charge >= 0.3 is 0 Å². The minimum Gasteiger partial charge on any atom is -0.385 e. The van der Waals surface area contributed by atoms with Crippen LogP contribution in [0.25, 0.3) is 11.4 Å². The summed E-state index contributed by atoms with van der Waals surface area (Å²) in [6.45, 7) is 5.14. The molecule has 0 aliphatic carbocycles. The van der Waals surface area contributed by atoms with Crippen LogP contribution in [0.5, 0.6) is 0 Å². The van der Waals surface area contributed by atoms with Crippen molar-refractivity contribution in [2.45, 2.75) is 33.2 Å². The van der Waals surface area contributed by atoms with Crippen LogP contribution in [0.2, 0.25) is 0 Å². The molecule has 0 aliphatic rings. The predicted octanol–water partition coefficient (Wildman–Crippen LogP) is 1.48. The van der Waals surface area contributed by atoms with Gasteiger partial charge < -0.3 is 15.4 Å². The number of rotatable bonds is 10. The number of carbonyl (C=O) groups excluding carboxylic acids is 2. The Labute approximate surface area is 158 Å². The number of carbonyl (C=O) groups is 2. The van der Waals surface area contributed by atoms with Crippen LogP contribution in [-0.4, -0.2) is 52.3 Å². The molecule has 0 aliphatic heterocycles. The number of hydrogen-bond donors (Lipinski definition) is 2. The Morgan fingerprint density at radius 2 is 1.93 bits per heavy atom. The van der Waals surface area contributed by atoms with Crippen LogP contribution in [0.1, 0.15) is 26.7 Å². The molecule has 9 heteroatoms. The van der Waals surface area contributed by atoms with Crippen molar-refractivity contribution in [3.63, 3.8) is 0 Å². The van der Waals surface area contributed by atoms with Crippen molar-refractivity contribution in [3.05, 3.63) is 24.3 Å². The number of ether oxygens (including phenoxy) is 1. The highest BCUT2D eigenvalue weighted by atomic mass is 16.5. The van der Waals surface area contributed by atoms with E-state index < -0.39 is 0 Å². The van der Waals surface area contributed by atoms with Gasteiger partial charge in [0.2, 0.25) is 17.6 Å². The van der Waals surface area contributed by atoms with Gasteiger partial charge in [0.25, 0.3) is 0 Å². The fourth-order valence-corrected chi connectivity index (χ4v) is 2.34. The normalized spacial score (nSPS) is 10.8. The van der Waals surface area contributed by atoms with Crippen molar-refractivity contribution in [1.82, 2.24) is 25.5 Å². The number of nitrogens with one attached hydrogen (secondary N) is 2. The van der Waals surface area contributed by atoms with Gasteiger partial charge in [-0.15, -0.1) is 10.2 Å². The monoisotopic (exact) mass is 374 g/mol. The summed E-state index contributed by atoms with van der Waals surface area (Å²) in [4.78, 5) is 24.9. The van der Waals surface area contributed by atoms with Crippen LogP contribution in [0, 0.1) is 5.92 Å². The second kappa shape index (κ2) is 10.4. The first-order valence-electron chi connectivity index (χ1n) is 8.91. The fraction of sp³-hybridized carbons (Fsp3) is 0.500. The van der Waals surface area contributed by atoms with Crippen LogP contribution in [-0.2, 0) is 20.9 Å². The number of nitrogens with zero attached hydrogens (tertiary/aromatic N) is 4. The highest BCUT2D eigenvalue weighted by Crippen LogP contribution is 2.17. The van der Waals surface area contributed by atoms with Gasteiger partial charge in [0, 0.05) is 37.9 Å². The first-order chi connectivity index (χ1) is 13.0. The Kier molecular flexibility index (Phi) is 7.87. The maximum absolute atomic E-state index is 11.8. The molecule has 0 bridgehead atoms. The molecule has 2 amide bonds. The number of hydrogen-bond acceptors (Lipinski definition) is 6. The van der Waals surface area contributed by atoms with E-state index in [2.05, 4.69) is 26.0 Å². The summed E-state index contributed by atoms with van der Waals surface area (Å²) in [5, 5.41) is 17.7. The molecule has 27 heavy (non-hydrogen) atoms. The molecular weight excluding hydrogens is 348 g/mol. The largest absolute Gasteiger partial charge is 0.385 e. The minimum atomic E-state index is -0.182. The molecule has 0 saturated carbocycles. The molecule has 0 saturated heterocycles. The molecule has 2 rings (SSSR count).